The summed E-state index contributed by atoms with van der Waals surface area (Å²) < 4.78 is 1.99. The van der Waals surface area contributed by atoms with Crippen molar-refractivity contribution < 1.29 is 9.63 Å². The summed E-state index contributed by atoms with van der Waals surface area (Å²) in [6.45, 7) is 7.09. The van der Waals surface area contributed by atoms with Crippen LogP contribution >= 0.6 is 0 Å². The number of nitrogens with zero attached hydrogens (tertiary/aromatic N) is 6. The number of pyridine rings is 1. The largest absolute Gasteiger partial charge is 0.382 e. The van der Waals surface area contributed by atoms with Crippen LogP contribution in [-0.2, 0) is 9.63 Å². The lowest BCUT2D eigenvalue weighted by Gasteiger charge is -2.23. The Hall–Kier alpha value is -2.64. The van der Waals surface area contributed by atoms with Crippen molar-refractivity contribution in [3.8, 4) is 0 Å². The first-order valence-corrected chi connectivity index (χ1v) is 9.19. The number of fused-ring (bicyclic) bond motifs is 1. The Morgan fingerprint density at radius 3 is 2.88 bits per heavy atom. The van der Waals surface area contributed by atoms with E-state index in [0.717, 1.165) is 43.4 Å². The van der Waals surface area contributed by atoms with Crippen LogP contribution in [0.1, 0.15) is 26.7 Å². The van der Waals surface area contributed by atoms with Crippen molar-refractivity contribution in [1.82, 2.24) is 19.5 Å². The summed E-state index contributed by atoms with van der Waals surface area (Å²) in [7, 11) is 0. The maximum Gasteiger partial charge on any atom is 0.266 e. The summed E-state index contributed by atoms with van der Waals surface area (Å²) in [5.41, 5.74) is 1.80. The molecule has 0 aliphatic carbocycles. The molecular weight excluding hydrogens is 332 g/mol. The average Bonchev–Trinajstić information content (AvgIpc) is 3.23. The molecule has 0 spiro atoms. The molecule has 2 aliphatic heterocycles. The predicted molar refractivity (Wildman–Crippen MR) is 98.2 cm³/mol. The summed E-state index contributed by atoms with van der Waals surface area (Å²) in [5, 5.41) is 12.6. The van der Waals surface area contributed by atoms with Gasteiger partial charge in [0.25, 0.3) is 5.91 Å². The van der Waals surface area contributed by atoms with E-state index in [1.54, 1.807) is 0 Å². The van der Waals surface area contributed by atoms with E-state index < -0.39 is 6.10 Å². The summed E-state index contributed by atoms with van der Waals surface area (Å²) in [5.74, 6) is 1.18. The third kappa shape index (κ3) is 3.11. The Kier molecular flexibility index (Phi) is 4.48. The van der Waals surface area contributed by atoms with Gasteiger partial charge in [-0.3, -0.25) is 9.20 Å². The number of carbonyl (C=O) groups excluding carboxylic acids is 1. The van der Waals surface area contributed by atoms with E-state index in [0.29, 0.717) is 18.9 Å². The Bertz CT molecular complexity index is 830. The van der Waals surface area contributed by atoms with Crippen molar-refractivity contribution in [2.45, 2.75) is 32.8 Å². The van der Waals surface area contributed by atoms with Crippen molar-refractivity contribution in [2.24, 2.45) is 11.1 Å². The standard InChI is InChI=1S/C18H24N6O2/c1-13(2)14-12-15(26-21-14)17(25)22-7-5-8-23(11-10-22)18-20-19-16-6-3-4-9-24(16)18/h3-4,6,9,13,15H,5,7-8,10-12H2,1-2H3. The second kappa shape index (κ2) is 6.93. The van der Waals surface area contributed by atoms with Gasteiger partial charge < -0.3 is 14.6 Å². The minimum absolute atomic E-state index is 0.0392. The molecule has 1 amide bonds. The van der Waals surface area contributed by atoms with Gasteiger partial charge in [-0.05, 0) is 24.5 Å². The van der Waals surface area contributed by atoms with E-state index in [1.165, 1.54) is 0 Å². The molecule has 2 aromatic rings. The molecule has 1 unspecified atom stereocenters. The molecule has 2 aliphatic rings. The predicted octanol–water partition coefficient (Wildman–Crippen LogP) is 1.57. The van der Waals surface area contributed by atoms with E-state index in [4.69, 9.17) is 4.84 Å². The fraction of sp³-hybridized carbons (Fsp3) is 0.556. The van der Waals surface area contributed by atoms with Crippen LogP contribution in [0.4, 0.5) is 5.95 Å². The number of aromatic nitrogens is 3. The Balaban J connectivity index is 1.42. The van der Waals surface area contributed by atoms with E-state index >= 15 is 0 Å². The molecule has 1 saturated heterocycles. The van der Waals surface area contributed by atoms with Gasteiger partial charge in [0.15, 0.2) is 5.65 Å². The van der Waals surface area contributed by atoms with E-state index in [2.05, 4.69) is 34.1 Å². The van der Waals surface area contributed by atoms with Crippen LogP contribution in [0.25, 0.3) is 5.65 Å². The molecule has 4 heterocycles. The smallest absolute Gasteiger partial charge is 0.266 e. The van der Waals surface area contributed by atoms with Crippen LogP contribution in [-0.4, -0.2) is 63.4 Å². The van der Waals surface area contributed by atoms with Gasteiger partial charge in [0, 0.05) is 38.8 Å². The summed E-state index contributed by atoms with van der Waals surface area (Å²) in [4.78, 5) is 22.3. The highest BCUT2D eigenvalue weighted by molar-refractivity contribution is 5.93. The second-order valence-corrected chi connectivity index (χ2v) is 7.13. The molecule has 138 valence electrons. The number of rotatable bonds is 3. The zero-order chi connectivity index (χ0) is 18.1. The van der Waals surface area contributed by atoms with Gasteiger partial charge in [0.1, 0.15) is 0 Å². The van der Waals surface area contributed by atoms with E-state index in [-0.39, 0.29) is 5.91 Å². The van der Waals surface area contributed by atoms with Crippen molar-refractivity contribution in [3.63, 3.8) is 0 Å². The molecular formula is C18H24N6O2. The molecule has 0 radical (unpaired) electrons. The monoisotopic (exact) mass is 356 g/mol. The molecule has 0 bridgehead atoms. The van der Waals surface area contributed by atoms with Crippen LogP contribution in [0.15, 0.2) is 29.6 Å². The van der Waals surface area contributed by atoms with E-state index in [9.17, 15) is 4.79 Å². The molecule has 0 N–H and O–H groups in total. The van der Waals surface area contributed by atoms with Gasteiger partial charge in [-0.1, -0.05) is 25.1 Å². The third-order valence-corrected chi connectivity index (χ3v) is 5.02. The fourth-order valence-electron chi connectivity index (χ4n) is 3.46. The Labute approximate surface area is 152 Å². The van der Waals surface area contributed by atoms with Gasteiger partial charge in [-0.15, -0.1) is 10.2 Å². The van der Waals surface area contributed by atoms with E-state index in [1.807, 2.05) is 33.7 Å². The number of amides is 1. The molecule has 26 heavy (non-hydrogen) atoms. The van der Waals surface area contributed by atoms with Crippen LogP contribution in [0, 0.1) is 5.92 Å². The molecule has 2 aromatic heterocycles. The fourth-order valence-corrected chi connectivity index (χ4v) is 3.46. The molecule has 8 heteroatoms. The highest BCUT2D eigenvalue weighted by Crippen LogP contribution is 2.20. The lowest BCUT2D eigenvalue weighted by molar-refractivity contribution is -0.141. The number of carbonyl (C=O) groups is 1. The summed E-state index contributed by atoms with van der Waals surface area (Å²) >= 11 is 0. The maximum atomic E-state index is 12.8. The molecule has 1 atom stereocenters. The Morgan fingerprint density at radius 2 is 2.08 bits per heavy atom. The first kappa shape index (κ1) is 16.8. The SMILES string of the molecule is CC(C)C1=NOC(C(=O)N2CCCN(c3nnc4ccccn34)CC2)C1. The third-order valence-electron chi connectivity index (χ3n) is 5.02. The van der Waals surface area contributed by atoms with Crippen LogP contribution in [0.2, 0.25) is 0 Å². The lowest BCUT2D eigenvalue weighted by atomic mass is 10.0. The van der Waals surface area contributed by atoms with Crippen LogP contribution in [0.3, 0.4) is 0 Å². The molecule has 8 nitrogen and oxygen atoms in total. The minimum atomic E-state index is -0.465. The van der Waals surface area contributed by atoms with Crippen molar-refractivity contribution in [1.29, 1.82) is 0 Å². The second-order valence-electron chi connectivity index (χ2n) is 7.13. The quantitative estimate of drug-likeness (QED) is 0.834. The first-order valence-electron chi connectivity index (χ1n) is 9.19. The number of anilines is 1. The number of oxime groups is 1. The highest BCUT2D eigenvalue weighted by Gasteiger charge is 2.33. The zero-order valence-corrected chi connectivity index (χ0v) is 15.2. The topological polar surface area (TPSA) is 75.3 Å². The van der Waals surface area contributed by atoms with Gasteiger partial charge in [-0.25, -0.2) is 0 Å². The number of hydrogen-bond acceptors (Lipinski definition) is 6. The molecule has 4 rings (SSSR count). The Morgan fingerprint density at radius 1 is 1.19 bits per heavy atom. The normalized spacial score (nSPS) is 21.0. The minimum Gasteiger partial charge on any atom is -0.382 e. The first-order chi connectivity index (χ1) is 12.6. The van der Waals surface area contributed by atoms with Crippen molar-refractivity contribution >= 4 is 23.2 Å². The zero-order valence-electron chi connectivity index (χ0n) is 15.2. The van der Waals surface area contributed by atoms with Crippen LogP contribution < -0.4 is 4.90 Å². The summed E-state index contributed by atoms with van der Waals surface area (Å²) in [6, 6.07) is 5.86. The van der Waals surface area contributed by atoms with Crippen molar-refractivity contribution in [2.75, 3.05) is 31.1 Å². The van der Waals surface area contributed by atoms with Gasteiger partial charge in [-0.2, -0.15) is 0 Å². The lowest BCUT2D eigenvalue weighted by Crippen LogP contribution is -2.41. The highest BCUT2D eigenvalue weighted by atomic mass is 16.6. The number of hydrogen-bond donors (Lipinski definition) is 0. The molecule has 1 fully saturated rings. The van der Waals surface area contributed by atoms with Crippen LogP contribution in [0.5, 0.6) is 0 Å². The average molecular weight is 356 g/mol. The molecule has 0 aromatic carbocycles. The summed E-state index contributed by atoms with van der Waals surface area (Å²) in [6.07, 6.45) is 2.99. The van der Waals surface area contributed by atoms with Gasteiger partial charge in [0.2, 0.25) is 12.1 Å². The molecule has 0 saturated carbocycles. The maximum absolute atomic E-state index is 12.8. The van der Waals surface area contributed by atoms with Crippen molar-refractivity contribution in [3.05, 3.63) is 24.4 Å². The van der Waals surface area contributed by atoms with Gasteiger partial charge >= 0.3 is 0 Å². The van der Waals surface area contributed by atoms with Gasteiger partial charge in [0.05, 0.1) is 5.71 Å².